The summed E-state index contributed by atoms with van der Waals surface area (Å²) in [4.78, 5) is 4.20. The predicted molar refractivity (Wildman–Crippen MR) is 85.8 cm³/mol. The lowest BCUT2D eigenvalue weighted by Gasteiger charge is -2.17. The van der Waals surface area contributed by atoms with Crippen LogP contribution in [0.1, 0.15) is 12.0 Å². The molecule has 23 heavy (non-hydrogen) atoms. The monoisotopic (exact) mass is 330 g/mol. The third-order valence-corrected chi connectivity index (χ3v) is 3.86. The van der Waals surface area contributed by atoms with Crippen LogP contribution in [0, 0.1) is 11.3 Å². The summed E-state index contributed by atoms with van der Waals surface area (Å²) in [5.41, 5.74) is 1.92. The van der Waals surface area contributed by atoms with Gasteiger partial charge in [-0.05, 0) is 18.2 Å². The van der Waals surface area contributed by atoms with Gasteiger partial charge in [-0.25, -0.2) is 4.98 Å². The zero-order valence-corrected chi connectivity index (χ0v) is 13.3. The van der Waals surface area contributed by atoms with Gasteiger partial charge in [0.05, 0.1) is 38.2 Å². The molecule has 0 radical (unpaired) electrons. The summed E-state index contributed by atoms with van der Waals surface area (Å²) in [7, 11) is 1.54. The number of hydrogen-bond donors (Lipinski definition) is 0. The summed E-state index contributed by atoms with van der Waals surface area (Å²) in [6.07, 6.45) is 2.41. The van der Waals surface area contributed by atoms with Gasteiger partial charge in [0.1, 0.15) is 11.9 Å². The molecule has 1 saturated heterocycles. The first kappa shape index (κ1) is 15.6. The molecule has 2 heterocycles. The van der Waals surface area contributed by atoms with Crippen LogP contribution in [0.15, 0.2) is 30.5 Å². The Morgan fingerprint density at radius 2 is 2.22 bits per heavy atom. The van der Waals surface area contributed by atoms with Gasteiger partial charge in [-0.3, -0.25) is 0 Å². The zero-order chi connectivity index (χ0) is 16.2. The smallest absolute Gasteiger partial charge is 0.213 e. The van der Waals surface area contributed by atoms with Crippen molar-refractivity contribution in [2.45, 2.75) is 12.5 Å². The van der Waals surface area contributed by atoms with E-state index in [1.165, 1.54) is 0 Å². The minimum absolute atomic E-state index is 0.0198. The highest BCUT2D eigenvalue weighted by molar-refractivity contribution is 6.31. The summed E-state index contributed by atoms with van der Waals surface area (Å²) in [5, 5.41) is 9.92. The van der Waals surface area contributed by atoms with Crippen molar-refractivity contribution >= 4 is 11.6 Å². The number of ether oxygens (including phenoxy) is 3. The van der Waals surface area contributed by atoms with E-state index < -0.39 is 0 Å². The van der Waals surface area contributed by atoms with Gasteiger partial charge in [0, 0.05) is 28.6 Å². The summed E-state index contributed by atoms with van der Waals surface area (Å²) in [5.74, 6) is 1.03. The van der Waals surface area contributed by atoms with E-state index in [1.54, 1.807) is 37.6 Å². The van der Waals surface area contributed by atoms with E-state index in [0.29, 0.717) is 41.0 Å². The Morgan fingerprint density at radius 3 is 2.91 bits per heavy atom. The minimum Gasteiger partial charge on any atom is -0.486 e. The van der Waals surface area contributed by atoms with E-state index in [1.807, 2.05) is 0 Å². The Kier molecular flexibility index (Phi) is 4.65. The minimum atomic E-state index is -0.0198. The average molecular weight is 331 g/mol. The molecule has 0 bridgehead atoms. The fraction of sp³-hybridized carbons (Fsp3) is 0.294. The highest BCUT2D eigenvalue weighted by atomic mass is 35.5. The first-order valence-electron chi connectivity index (χ1n) is 7.19. The first-order valence-corrected chi connectivity index (χ1v) is 7.57. The summed E-state index contributed by atoms with van der Waals surface area (Å²) < 4.78 is 16.5. The molecule has 1 atom stereocenters. The molecule has 2 aromatic rings. The Morgan fingerprint density at radius 1 is 1.35 bits per heavy atom. The molecule has 118 valence electrons. The van der Waals surface area contributed by atoms with Crippen molar-refractivity contribution in [3.05, 3.63) is 41.0 Å². The third kappa shape index (κ3) is 3.39. The number of hydrogen-bond acceptors (Lipinski definition) is 5. The topological polar surface area (TPSA) is 64.4 Å². The van der Waals surface area contributed by atoms with Gasteiger partial charge in [-0.2, -0.15) is 5.26 Å². The second-order valence-electron chi connectivity index (χ2n) is 5.13. The third-order valence-electron chi connectivity index (χ3n) is 3.63. The summed E-state index contributed by atoms with van der Waals surface area (Å²) >= 11 is 6.10. The number of methoxy groups -OCH3 is 1. The lowest BCUT2D eigenvalue weighted by atomic mass is 10.0. The number of aromatic nitrogens is 1. The lowest BCUT2D eigenvalue weighted by Crippen LogP contribution is -2.16. The Bertz CT molecular complexity index is 752. The van der Waals surface area contributed by atoms with Crippen molar-refractivity contribution in [2.75, 3.05) is 20.3 Å². The summed E-state index contributed by atoms with van der Waals surface area (Å²) in [6, 6.07) is 9.05. The van der Waals surface area contributed by atoms with Gasteiger partial charge in [0.25, 0.3) is 0 Å². The van der Waals surface area contributed by atoms with Crippen molar-refractivity contribution in [1.82, 2.24) is 4.98 Å². The molecule has 5 nitrogen and oxygen atoms in total. The maximum atomic E-state index is 9.37. The molecule has 0 amide bonds. The molecular formula is C17H15ClN2O3. The molecule has 1 aliphatic rings. The Balaban J connectivity index is 2.08. The standard InChI is InChI=1S/C17H15ClN2O3/c1-21-17-7-15(14-6-12(18)3-2-11(14)8-19)16(9-20-17)23-13-4-5-22-10-13/h2-3,6-7,9,13H,4-5,10H2,1H3/t13-/m0/s1. The van der Waals surface area contributed by atoms with Crippen LogP contribution in [-0.2, 0) is 4.74 Å². The molecule has 6 heteroatoms. The van der Waals surface area contributed by atoms with Crippen molar-refractivity contribution in [1.29, 1.82) is 5.26 Å². The van der Waals surface area contributed by atoms with E-state index in [4.69, 9.17) is 25.8 Å². The highest BCUT2D eigenvalue weighted by Gasteiger charge is 2.21. The van der Waals surface area contributed by atoms with E-state index in [9.17, 15) is 5.26 Å². The number of halogens is 1. The average Bonchev–Trinajstić information content (AvgIpc) is 3.08. The van der Waals surface area contributed by atoms with Crippen molar-refractivity contribution in [2.24, 2.45) is 0 Å². The fourth-order valence-electron chi connectivity index (χ4n) is 2.46. The van der Waals surface area contributed by atoms with Crippen molar-refractivity contribution in [3.8, 4) is 28.8 Å². The lowest BCUT2D eigenvalue weighted by molar-refractivity contribution is 0.141. The predicted octanol–water partition coefficient (Wildman–Crippen LogP) is 3.45. The normalized spacial score (nSPS) is 16.8. The largest absolute Gasteiger partial charge is 0.486 e. The van der Waals surface area contributed by atoms with Crippen LogP contribution >= 0.6 is 11.6 Å². The van der Waals surface area contributed by atoms with Crippen molar-refractivity contribution < 1.29 is 14.2 Å². The SMILES string of the molecule is COc1cc(-c2cc(Cl)ccc2C#N)c(O[C@H]2CCOC2)cn1. The molecule has 3 rings (SSSR count). The molecule has 1 fully saturated rings. The number of benzene rings is 1. The van der Waals surface area contributed by atoms with Crippen molar-refractivity contribution in [3.63, 3.8) is 0 Å². The molecule has 0 N–H and O–H groups in total. The second-order valence-corrected chi connectivity index (χ2v) is 5.56. The van der Waals surface area contributed by atoms with Gasteiger partial charge in [-0.15, -0.1) is 0 Å². The number of nitriles is 1. The van der Waals surface area contributed by atoms with Crippen LogP contribution in [0.25, 0.3) is 11.1 Å². The highest BCUT2D eigenvalue weighted by Crippen LogP contribution is 2.36. The maximum absolute atomic E-state index is 9.37. The molecule has 0 spiro atoms. The van der Waals surface area contributed by atoms with Gasteiger partial charge in [0.15, 0.2) is 0 Å². The zero-order valence-electron chi connectivity index (χ0n) is 12.6. The second kappa shape index (κ2) is 6.86. The van der Waals surface area contributed by atoms with E-state index in [0.717, 1.165) is 12.0 Å². The van der Waals surface area contributed by atoms with Gasteiger partial charge in [-0.1, -0.05) is 11.6 Å². The molecule has 0 aliphatic carbocycles. The van der Waals surface area contributed by atoms with Gasteiger partial charge >= 0.3 is 0 Å². The number of pyridine rings is 1. The summed E-state index contributed by atoms with van der Waals surface area (Å²) in [6.45, 7) is 1.23. The van der Waals surface area contributed by atoms with Crippen LogP contribution in [0.2, 0.25) is 5.02 Å². The molecule has 0 saturated carbocycles. The maximum Gasteiger partial charge on any atom is 0.213 e. The van der Waals surface area contributed by atoms with Crippen LogP contribution < -0.4 is 9.47 Å². The molecule has 0 unspecified atom stereocenters. The van der Waals surface area contributed by atoms with Crippen LogP contribution in [0.3, 0.4) is 0 Å². The first-order chi connectivity index (χ1) is 11.2. The number of rotatable bonds is 4. The Labute approximate surface area is 139 Å². The molecule has 1 aliphatic heterocycles. The molecular weight excluding hydrogens is 316 g/mol. The van der Waals surface area contributed by atoms with E-state index in [2.05, 4.69) is 11.1 Å². The quantitative estimate of drug-likeness (QED) is 0.859. The van der Waals surface area contributed by atoms with Crippen LogP contribution in [0.5, 0.6) is 11.6 Å². The van der Waals surface area contributed by atoms with E-state index in [-0.39, 0.29) is 6.10 Å². The van der Waals surface area contributed by atoms with Crippen LogP contribution in [-0.4, -0.2) is 31.4 Å². The van der Waals surface area contributed by atoms with Gasteiger partial charge < -0.3 is 14.2 Å². The van der Waals surface area contributed by atoms with E-state index >= 15 is 0 Å². The van der Waals surface area contributed by atoms with Crippen LogP contribution in [0.4, 0.5) is 0 Å². The Hall–Kier alpha value is -2.29. The molecule has 1 aromatic heterocycles. The molecule has 1 aromatic carbocycles. The fourth-order valence-corrected chi connectivity index (χ4v) is 2.63. The number of nitrogens with zero attached hydrogens (tertiary/aromatic N) is 2. The van der Waals surface area contributed by atoms with Gasteiger partial charge in [0.2, 0.25) is 5.88 Å².